The summed E-state index contributed by atoms with van der Waals surface area (Å²) in [5.41, 5.74) is 2.56. The average molecular weight is 413 g/mol. The molecule has 0 saturated heterocycles. The van der Waals surface area contributed by atoms with Gasteiger partial charge < -0.3 is 9.47 Å². The van der Waals surface area contributed by atoms with Crippen LogP contribution >= 0.6 is 23.2 Å². The highest BCUT2D eigenvalue weighted by Crippen LogP contribution is 2.19. The van der Waals surface area contributed by atoms with E-state index in [1.807, 2.05) is 66.7 Å². The second-order valence-corrected chi connectivity index (χ2v) is 6.80. The molecule has 28 heavy (non-hydrogen) atoms. The van der Waals surface area contributed by atoms with E-state index < -0.39 is 5.97 Å². The molecule has 0 atom stereocenters. The molecule has 0 aliphatic heterocycles. The Morgan fingerprint density at radius 1 is 0.786 bits per heavy atom. The predicted molar refractivity (Wildman–Crippen MR) is 113 cm³/mol. The van der Waals surface area contributed by atoms with E-state index in [2.05, 4.69) is 0 Å². The van der Waals surface area contributed by atoms with E-state index in [0.29, 0.717) is 16.7 Å². The standard InChI is InChI=1S/C23H18Cl2O3/c24-21-7-3-1-5-18(21)15-27-20-12-9-17(10-13-20)11-14-23(26)28-16-19-6-2-4-8-22(19)25/h1-14H,15-16H2. The van der Waals surface area contributed by atoms with Crippen molar-refractivity contribution in [1.82, 2.24) is 0 Å². The number of carbonyl (C=O) groups excluding carboxylic acids is 1. The Balaban J connectivity index is 1.50. The van der Waals surface area contributed by atoms with Gasteiger partial charge in [-0.2, -0.15) is 0 Å². The zero-order valence-electron chi connectivity index (χ0n) is 15.0. The number of rotatable bonds is 7. The molecule has 3 nitrogen and oxygen atoms in total. The van der Waals surface area contributed by atoms with Crippen LogP contribution in [-0.2, 0) is 22.7 Å². The molecular weight excluding hydrogens is 395 g/mol. The van der Waals surface area contributed by atoms with Crippen LogP contribution in [0.15, 0.2) is 78.9 Å². The molecule has 0 aromatic heterocycles. The van der Waals surface area contributed by atoms with E-state index in [9.17, 15) is 4.79 Å². The van der Waals surface area contributed by atoms with Crippen molar-refractivity contribution in [2.45, 2.75) is 13.2 Å². The van der Waals surface area contributed by atoms with Gasteiger partial charge in [0.2, 0.25) is 0 Å². The summed E-state index contributed by atoms with van der Waals surface area (Å²) in [5.74, 6) is 0.289. The van der Waals surface area contributed by atoms with Gasteiger partial charge in [0.15, 0.2) is 0 Å². The second kappa shape index (κ2) is 9.98. The van der Waals surface area contributed by atoms with Gasteiger partial charge >= 0.3 is 5.97 Å². The maximum absolute atomic E-state index is 11.9. The molecule has 0 aliphatic carbocycles. The summed E-state index contributed by atoms with van der Waals surface area (Å²) >= 11 is 12.2. The molecule has 0 unspecified atom stereocenters. The molecule has 0 N–H and O–H groups in total. The minimum Gasteiger partial charge on any atom is -0.489 e. The molecule has 3 aromatic rings. The maximum Gasteiger partial charge on any atom is 0.331 e. The van der Waals surface area contributed by atoms with Crippen molar-refractivity contribution in [2.24, 2.45) is 0 Å². The van der Waals surface area contributed by atoms with Gasteiger partial charge in [0, 0.05) is 27.2 Å². The zero-order valence-corrected chi connectivity index (χ0v) is 16.5. The van der Waals surface area contributed by atoms with Gasteiger partial charge in [-0.25, -0.2) is 4.79 Å². The lowest BCUT2D eigenvalue weighted by Gasteiger charge is -2.08. The number of esters is 1. The van der Waals surface area contributed by atoms with Crippen LogP contribution in [0, 0.1) is 0 Å². The summed E-state index contributed by atoms with van der Waals surface area (Å²) in [6, 6.07) is 22.2. The lowest BCUT2D eigenvalue weighted by atomic mass is 10.2. The van der Waals surface area contributed by atoms with E-state index in [1.54, 1.807) is 12.1 Å². The van der Waals surface area contributed by atoms with Crippen molar-refractivity contribution in [1.29, 1.82) is 0 Å². The fraction of sp³-hybridized carbons (Fsp3) is 0.0870. The third-order valence-corrected chi connectivity index (χ3v) is 4.71. The summed E-state index contributed by atoms with van der Waals surface area (Å²) in [6.45, 7) is 0.529. The van der Waals surface area contributed by atoms with Gasteiger partial charge in [-0.15, -0.1) is 0 Å². The first-order valence-corrected chi connectivity index (χ1v) is 9.42. The molecule has 0 bridgehead atoms. The summed E-state index contributed by atoms with van der Waals surface area (Å²) in [6.07, 6.45) is 3.07. The quantitative estimate of drug-likeness (QED) is 0.336. The highest BCUT2D eigenvalue weighted by molar-refractivity contribution is 6.31. The second-order valence-electron chi connectivity index (χ2n) is 5.98. The first-order valence-electron chi connectivity index (χ1n) is 8.66. The molecule has 0 saturated carbocycles. The van der Waals surface area contributed by atoms with Gasteiger partial charge in [-0.1, -0.05) is 71.7 Å². The molecule has 0 aliphatic rings. The van der Waals surface area contributed by atoms with Gasteiger partial charge in [0.05, 0.1) is 0 Å². The van der Waals surface area contributed by atoms with Crippen molar-refractivity contribution in [3.63, 3.8) is 0 Å². The Morgan fingerprint density at radius 2 is 1.36 bits per heavy atom. The first-order chi connectivity index (χ1) is 13.6. The van der Waals surface area contributed by atoms with Crippen LogP contribution in [-0.4, -0.2) is 5.97 Å². The SMILES string of the molecule is O=C(C=Cc1ccc(OCc2ccccc2Cl)cc1)OCc1ccccc1Cl. The van der Waals surface area contributed by atoms with Crippen LogP contribution in [0.4, 0.5) is 0 Å². The maximum atomic E-state index is 11.9. The molecule has 142 valence electrons. The summed E-state index contributed by atoms with van der Waals surface area (Å²) in [5, 5.41) is 1.25. The fourth-order valence-electron chi connectivity index (χ4n) is 2.43. The predicted octanol–water partition coefficient (Wildman–Crippen LogP) is 6.33. The number of carbonyl (C=O) groups is 1. The summed E-state index contributed by atoms with van der Waals surface area (Å²) in [7, 11) is 0. The van der Waals surface area contributed by atoms with E-state index >= 15 is 0 Å². The third-order valence-electron chi connectivity index (χ3n) is 3.97. The lowest BCUT2D eigenvalue weighted by molar-refractivity contribution is -0.138. The number of ether oxygens (including phenoxy) is 2. The van der Waals surface area contributed by atoms with Crippen molar-refractivity contribution in [3.05, 3.63) is 106 Å². The van der Waals surface area contributed by atoms with Crippen LogP contribution in [0.25, 0.3) is 6.08 Å². The topological polar surface area (TPSA) is 35.5 Å². The van der Waals surface area contributed by atoms with Crippen LogP contribution < -0.4 is 4.74 Å². The summed E-state index contributed by atoms with van der Waals surface area (Å²) in [4.78, 5) is 11.9. The Morgan fingerprint density at radius 3 is 1.96 bits per heavy atom. The number of halogens is 2. The lowest BCUT2D eigenvalue weighted by Crippen LogP contribution is -2.01. The van der Waals surface area contributed by atoms with Crippen LogP contribution in [0.2, 0.25) is 10.0 Å². The highest BCUT2D eigenvalue weighted by Gasteiger charge is 2.03. The van der Waals surface area contributed by atoms with Gasteiger partial charge in [0.25, 0.3) is 0 Å². The van der Waals surface area contributed by atoms with E-state index in [1.165, 1.54) is 6.08 Å². The molecule has 3 aromatic carbocycles. The Labute approximate surface area is 174 Å². The van der Waals surface area contributed by atoms with E-state index in [-0.39, 0.29) is 6.61 Å². The molecule has 0 radical (unpaired) electrons. The average Bonchev–Trinajstić information content (AvgIpc) is 2.72. The van der Waals surface area contributed by atoms with Gasteiger partial charge in [-0.05, 0) is 35.9 Å². The molecule has 0 spiro atoms. The van der Waals surface area contributed by atoms with Gasteiger partial charge in [-0.3, -0.25) is 0 Å². The summed E-state index contributed by atoms with van der Waals surface area (Å²) < 4.78 is 10.9. The van der Waals surface area contributed by atoms with Gasteiger partial charge in [0.1, 0.15) is 19.0 Å². The molecule has 3 rings (SSSR count). The number of hydrogen-bond donors (Lipinski definition) is 0. The smallest absolute Gasteiger partial charge is 0.331 e. The van der Waals surface area contributed by atoms with E-state index in [0.717, 1.165) is 22.4 Å². The minimum atomic E-state index is -0.432. The minimum absolute atomic E-state index is 0.137. The Bertz CT molecular complexity index is 966. The number of hydrogen-bond acceptors (Lipinski definition) is 3. The molecule has 0 fully saturated rings. The monoisotopic (exact) mass is 412 g/mol. The zero-order chi connectivity index (χ0) is 19.8. The van der Waals surface area contributed by atoms with Crippen molar-refractivity contribution in [3.8, 4) is 5.75 Å². The molecular formula is C23H18Cl2O3. The molecule has 0 amide bonds. The molecule has 5 heteroatoms. The van der Waals surface area contributed by atoms with Crippen molar-refractivity contribution in [2.75, 3.05) is 0 Å². The first kappa shape index (κ1) is 20.0. The fourth-order valence-corrected chi connectivity index (χ4v) is 2.81. The van der Waals surface area contributed by atoms with Crippen LogP contribution in [0.3, 0.4) is 0 Å². The number of benzene rings is 3. The normalized spacial score (nSPS) is 10.8. The largest absolute Gasteiger partial charge is 0.489 e. The Kier molecular flexibility index (Phi) is 7.12. The third kappa shape index (κ3) is 5.88. The Hall–Kier alpha value is -2.75. The van der Waals surface area contributed by atoms with Crippen molar-refractivity contribution >= 4 is 35.2 Å². The molecule has 0 heterocycles. The van der Waals surface area contributed by atoms with Crippen LogP contribution in [0.5, 0.6) is 5.75 Å². The van der Waals surface area contributed by atoms with Crippen molar-refractivity contribution < 1.29 is 14.3 Å². The van der Waals surface area contributed by atoms with Crippen LogP contribution in [0.1, 0.15) is 16.7 Å². The highest BCUT2D eigenvalue weighted by atomic mass is 35.5. The van der Waals surface area contributed by atoms with E-state index in [4.69, 9.17) is 32.7 Å².